The number of carbonyl (C=O) groups is 1. The summed E-state index contributed by atoms with van der Waals surface area (Å²) < 4.78 is 2.52. The average molecular weight is 274 g/mol. The van der Waals surface area contributed by atoms with Gasteiger partial charge in [0, 0.05) is 12.2 Å². The Labute approximate surface area is 98.2 Å². The quantitative estimate of drug-likeness (QED) is 0.914. The van der Waals surface area contributed by atoms with Gasteiger partial charge < -0.3 is 5.32 Å². The molecule has 2 atom stereocenters. The monoisotopic (exact) mass is 273 g/mol. The number of halogens is 1. The van der Waals surface area contributed by atoms with Crippen molar-refractivity contribution in [3.63, 3.8) is 0 Å². The molecule has 1 N–H and O–H groups in total. The molecule has 0 aliphatic carbocycles. The Morgan fingerprint density at radius 2 is 2.33 bits per heavy atom. The summed E-state index contributed by atoms with van der Waals surface area (Å²) in [5, 5.41) is 7.00. The molecule has 1 amide bonds. The van der Waals surface area contributed by atoms with Crippen LogP contribution in [0.2, 0.25) is 0 Å². The molecule has 5 heteroatoms. The van der Waals surface area contributed by atoms with E-state index in [-0.39, 0.29) is 18.0 Å². The largest absolute Gasteiger partial charge is 0.352 e. The van der Waals surface area contributed by atoms with Gasteiger partial charge in [-0.1, -0.05) is 6.92 Å². The Morgan fingerprint density at radius 1 is 1.67 bits per heavy atom. The second-order valence-corrected chi connectivity index (χ2v) is 4.55. The fourth-order valence-electron chi connectivity index (χ4n) is 1.11. The van der Waals surface area contributed by atoms with Crippen molar-refractivity contribution in [3.8, 4) is 0 Å². The molecule has 0 fully saturated rings. The van der Waals surface area contributed by atoms with E-state index in [9.17, 15) is 4.79 Å². The first-order chi connectivity index (χ1) is 7.04. The normalized spacial score (nSPS) is 14.7. The first-order valence-electron chi connectivity index (χ1n) is 5.04. The highest BCUT2D eigenvalue weighted by molar-refractivity contribution is 9.10. The highest BCUT2D eigenvalue weighted by Gasteiger charge is 2.16. The third kappa shape index (κ3) is 3.34. The van der Waals surface area contributed by atoms with Crippen LogP contribution in [0.5, 0.6) is 0 Å². The molecule has 1 aromatic heterocycles. The number of nitrogens with zero attached hydrogens (tertiary/aromatic N) is 2. The maximum absolute atomic E-state index is 11.7. The maximum atomic E-state index is 11.7. The summed E-state index contributed by atoms with van der Waals surface area (Å²) >= 11 is 3.30. The molecule has 15 heavy (non-hydrogen) atoms. The van der Waals surface area contributed by atoms with E-state index in [1.165, 1.54) is 0 Å². The van der Waals surface area contributed by atoms with Crippen LogP contribution in [0, 0.1) is 0 Å². The summed E-state index contributed by atoms with van der Waals surface area (Å²) in [4.78, 5) is 11.7. The predicted molar refractivity (Wildman–Crippen MR) is 62.5 cm³/mol. The average Bonchev–Trinajstić information content (AvgIpc) is 2.63. The summed E-state index contributed by atoms with van der Waals surface area (Å²) in [5.41, 5.74) is 0. The van der Waals surface area contributed by atoms with E-state index in [2.05, 4.69) is 26.3 Å². The molecule has 0 saturated carbocycles. The lowest BCUT2D eigenvalue weighted by molar-refractivity contribution is -0.124. The lowest BCUT2D eigenvalue weighted by atomic mass is 10.2. The van der Waals surface area contributed by atoms with Crippen molar-refractivity contribution in [1.29, 1.82) is 0 Å². The van der Waals surface area contributed by atoms with Crippen LogP contribution >= 0.6 is 15.9 Å². The van der Waals surface area contributed by atoms with Crippen LogP contribution in [0.4, 0.5) is 0 Å². The van der Waals surface area contributed by atoms with Crippen LogP contribution in [0.25, 0.3) is 0 Å². The second kappa shape index (κ2) is 5.30. The molecule has 4 nitrogen and oxygen atoms in total. The molecule has 84 valence electrons. The molecule has 1 heterocycles. The van der Waals surface area contributed by atoms with Gasteiger partial charge in [0.2, 0.25) is 5.91 Å². The molecule has 0 aliphatic heterocycles. The Kier molecular flexibility index (Phi) is 4.32. The molecule has 0 bridgehead atoms. The lowest BCUT2D eigenvalue weighted by Crippen LogP contribution is -2.37. The van der Waals surface area contributed by atoms with Crippen molar-refractivity contribution in [1.82, 2.24) is 15.1 Å². The van der Waals surface area contributed by atoms with Crippen molar-refractivity contribution in [2.45, 2.75) is 39.3 Å². The number of hydrogen-bond donors (Lipinski definition) is 1. The predicted octanol–water partition coefficient (Wildman–Crippen LogP) is 2.12. The van der Waals surface area contributed by atoms with Gasteiger partial charge in [-0.05, 0) is 36.2 Å². The number of aromatic nitrogens is 2. The number of amides is 1. The van der Waals surface area contributed by atoms with Gasteiger partial charge >= 0.3 is 0 Å². The SMILES string of the molecule is CC[C@H](C)NC(=O)[C@H](C)n1cc(Br)cn1. The van der Waals surface area contributed by atoms with Gasteiger partial charge in [0.15, 0.2) is 0 Å². The zero-order valence-corrected chi connectivity index (χ0v) is 10.8. The zero-order chi connectivity index (χ0) is 11.4. The van der Waals surface area contributed by atoms with Crippen molar-refractivity contribution < 1.29 is 4.79 Å². The van der Waals surface area contributed by atoms with Gasteiger partial charge in [0.05, 0.1) is 10.7 Å². The molecule has 0 unspecified atom stereocenters. The van der Waals surface area contributed by atoms with Crippen molar-refractivity contribution >= 4 is 21.8 Å². The summed E-state index contributed by atoms with van der Waals surface area (Å²) in [7, 11) is 0. The Bertz CT molecular complexity index is 337. The zero-order valence-electron chi connectivity index (χ0n) is 9.20. The van der Waals surface area contributed by atoms with Gasteiger partial charge in [0.25, 0.3) is 0 Å². The summed E-state index contributed by atoms with van der Waals surface area (Å²) in [5.74, 6) is -0.0000463. The van der Waals surface area contributed by atoms with E-state index in [1.807, 2.05) is 20.8 Å². The molecule has 0 radical (unpaired) electrons. The molecule has 1 aromatic rings. The van der Waals surface area contributed by atoms with E-state index < -0.39 is 0 Å². The van der Waals surface area contributed by atoms with E-state index in [0.29, 0.717) is 0 Å². The Hall–Kier alpha value is -0.840. The molecule has 0 saturated heterocycles. The van der Waals surface area contributed by atoms with Gasteiger partial charge in [-0.3, -0.25) is 9.48 Å². The molecule has 0 aliphatic rings. The fourth-order valence-corrected chi connectivity index (χ4v) is 1.41. The van der Waals surface area contributed by atoms with Crippen LogP contribution in [0.15, 0.2) is 16.9 Å². The van der Waals surface area contributed by atoms with Gasteiger partial charge in [-0.15, -0.1) is 0 Å². The first kappa shape index (κ1) is 12.2. The summed E-state index contributed by atoms with van der Waals surface area (Å²) in [6, 6.07) is -0.0655. The summed E-state index contributed by atoms with van der Waals surface area (Å²) in [6.45, 7) is 5.86. The van der Waals surface area contributed by atoms with Crippen molar-refractivity contribution in [3.05, 3.63) is 16.9 Å². The third-order valence-electron chi connectivity index (χ3n) is 2.35. The maximum Gasteiger partial charge on any atom is 0.244 e. The van der Waals surface area contributed by atoms with E-state index in [4.69, 9.17) is 0 Å². The molecular formula is C10H16BrN3O. The van der Waals surface area contributed by atoms with Crippen LogP contribution in [0.3, 0.4) is 0 Å². The van der Waals surface area contributed by atoms with Gasteiger partial charge in [-0.2, -0.15) is 5.10 Å². The molecule has 1 rings (SSSR count). The first-order valence-corrected chi connectivity index (χ1v) is 5.84. The smallest absolute Gasteiger partial charge is 0.244 e. The highest BCUT2D eigenvalue weighted by Crippen LogP contribution is 2.11. The lowest BCUT2D eigenvalue weighted by Gasteiger charge is -2.16. The van der Waals surface area contributed by atoms with Crippen LogP contribution < -0.4 is 5.32 Å². The number of rotatable bonds is 4. The second-order valence-electron chi connectivity index (χ2n) is 3.63. The van der Waals surface area contributed by atoms with Crippen LogP contribution in [-0.2, 0) is 4.79 Å². The van der Waals surface area contributed by atoms with E-state index >= 15 is 0 Å². The number of nitrogens with one attached hydrogen (secondary N) is 1. The molecule has 0 aromatic carbocycles. The van der Waals surface area contributed by atoms with Crippen LogP contribution in [0.1, 0.15) is 33.2 Å². The van der Waals surface area contributed by atoms with Gasteiger partial charge in [0.1, 0.15) is 6.04 Å². The minimum absolute atomic E-state index is 0.0000463. The highest BCUT2D eigenvalue weighted by atomic mass is 79.9. The van der Waals surface area contributed by atoms with E-state index in [0.717, 1.165) is 10.9 Å². The fraction of sp³-hybridized carbons (Fsp3) is 0.600. The van der Waals surface area contributed by atoms with Crippen molar-refractivity contribution in [2.24, 2.45) is 0 Å². The standard InChI is InChI=1S/C10H16BrN3O/c1-4-7(2)13-10(15)8(3)14-6-9(11)5-12-14/h5-8H,4H2,1-3H3,(H,13,15)/t7-,8-/m0/s1. The van der Waals surface area contributed by atoms with E-state index in [1.54, 1.807) is 17.1 Å². The third-order valence-corrected chi connectivity index (χ3v) is 2.76. The number of carbonyl (C=O) groups excluding carboxylic acids is 1. The number of hydrogen-bond acceptors (Lipinski definition) is 2. The van der Waals surface area contributed by atoms with Crippen molar-refractivity contribution in [2.75, 3.05) is 0 Å². The minimum atomic E-state index is -0.273. The molecule has 0 spiro atoms. The Balaban J connectivity index is 2.60. The van der Waals surface area contributed by atoms with Crippen LogP contribution in [-0.4, -0.2) is 21.7 Å². The minimum Gasteiger partial charge on any atom is -0.352 e. The van der Waals surface area contributed by atoms with Gasteiger partial charge in [-0.25, -0.2) is 0 Å². The Morgan fingerprint density at radius 3 is 2.80 bits per heavy atom. The summed E-state index contributed by atoms with van der Waals surface area (Å²) in [6.07, 6.45) is 4.40. The molecular weight excluding hydrogens is 258 g/mol. The topological polar surface area (TPSA) is 46.9 Å².